The van der Waals surface area contributed by atoms with E-state index in [2.05, 4.69) is 24.1 Å². The molecule has 1 N–H and O–H groups in total. The summed E-state index contributed by atoms with van der Waals surface area (Å²) in [6, 6.07) is 0.467. The largest absolute Gasteiger partial charge is 0.309 e. The van der Waals surface area contributed by atoms with Gasteiger partial charge in [0.1, 0.15) is 10.8 Å². The first-order valence-corrected chi connectivity index (χ1v) is 8.55. The summed E-state index contributed by atoms with van der Waals surface area (Å²) < 4.78 is 22.4. The summed E-state index contributed by atoms with van der Waals surface area (Å²) in [5.41, 5.74) is 0.935. The van der Waals surface area contributed by atoms with Gasteiger partial charge in [-0.2, -0.15) is 0 Å². The van der Waals surface area contributed by atoms with Gasteiger partial charge in [-0.1, -0.05) is 6.92 Å². The number of nitrogens with one attached hydrogen (secondary N) is 1. The van der Waals surface area contributed by atoms with Crippen LogP contribution in [0.15, 0.2) is 0 Å². The lowest BCUT2D eigenvalue weighted by Crippen LogP contribution is -2.24. The Kier molecular flexibility index (Phi) is 5.09. The van der Waals surface area contributed by atoms with Gasteiger partial charge in [0.2, 0.25) is 0 Å². The van der Waals surface area contributed by atoms with E-state index in [1.165, 1.54) is 17.6 Å². The van der Waals surface area contributed by atoms with E-state index in [9.17, 15) is 8.42 Å². The number of aryl methyl sites for hydroxylation is 1. The Morgan fingerprint density at radius 2 is 2.12 bits per heavy atom. The highest BCUT2D eigenvalue weighted by Crippen LogP contribution is 2.19. The van der Waals surface area contributed by atoms with Crippen molar-refractivity contribution >= 4 is 21.2 Å². The Balaban J connectivity index is 2.69. The molecule has 0 saturated heterocycles. The van der Waals surface area contributed by atoms with Crippen molar-refractivity contribution in [2.24, 2.45) is 0 Å². The third-order valence-electron chi connectivity index (χ3n) is 2.55. The second kappa shape index (κ2) is 5.93. The predicted molar refractivity (Wildman–Crippen MR) is 72.0 cm³/mol. The lowest BCUT2D eigenvalue weighted by Gasteiger charge is -2.09. The maximum Gasteiger partial charge on any atom is 0.153 e. The standard InChI is InChI=1S/C11H20N2O2S2/c1-5-8(2)12-6-10-9(3)13-11(16-10)7-17(4,14)15/h8,12H,5-7H2,1-4H3. The molecule has 98 valence electrons. The van der Waals surface area contributed by atoms with E-state index >= 15 is 0 Å². The molecule has 0 bridgehead atoms. The predicted octanol–water partition coefficient (Wildman–Crippen LogP) is 1.88. The average molecular weight is 276 g/mol. The molecule has 0 fully saturated rings. The van der Waals surface area contributed by atoms with E-state index < -0.39 is 9.84 Å². The zero-order chi connectivity index (χ0) is 13.1. The van der Waals surface area contributed by atoms with E-state index in [1.807, 2.05) is 6.92 Å². The van der Waals surface area contributed by atoms with Crippen molar-refractivity contribution in [1.82, 2.24) is 10.3 Å². The molecule has 0 aliphatic carbocycles. The zero-order valence-corrected chi connectivity index (χ0v) is 12.4. The van der Waals surface area contributed by atoms with E-state index in [-0.39, 0.29) is 5.75 Å². The van der Waals surface area contributed by atoms with Crippen LogP contribution in [0.5, 0.6) is 0 Å². The Morgan fingerprint density at radius 1 is 1.47 bits per heavy atom. The highest BCUT2D eigenvalue weighted by Gasteiger charge is 2.12. The van der Waals surface area contributed by atoms with Crippen LogP contribution in [0.2, 0.25) is 0 Å². The molecule has 0 spiro atoms. The number of rotatable bonds is 6. The molecule has 0 radical (unpaired) electrons. The Labute approximate surface area is 107 Å². The maximum absolute atomic E-state index is 11.2. The third kappa shape index (κ3) is 5.14. The van der Waals surface area contributed by atoms with Gasteiger partial charge in [-0.25, -0.2) is 13.4 Å². The average Bonchev–Trinajstić information content (AvgIpc) is 2.52. The molecule has 1 unspecified atom stereocenters. The minimum Gasteiger partial charge on any atom is -0.309 e. The summed E-state index contributed by atoms with van der Waals surface area (Å²) in [5.74, 6) is 0.0435. The molecule has 0 amide bonds. The first-order valence-electron chi connectivity index (χ1n) is 5.68. The number of sulfone groups is 1. The van der Waals surface area contributed by atoms with Crippen molar-refractivity contribution in [3.05, 3.63) is 15.6 Å². The fraction of sp³-hybridized carbons (Fsp3) is 0.727. The molecule has 1 aromatic rings. The van der Waals surface area contributed by atoms with Gasteiger partial charge in [0.05, 0.1) is 5.69 Å². The second-order valence-electron chi connectivity index (χ2n) is 4.38. The topological polar surface area (TPSA) is 59.1 Å². The van der Waals surface area contributed by atoms with Crippen LogP contribution in [-0.4, -0.2) is 25.7 Å². The van der Waals surface area contributed by atoms with Gasteiger partial charge in [0.15, 0.2) is 9.84 Å². The summed E-state index contributed by atoms with van der Waals surface area (Å²) in [6.07, 6.45) is 2.31. The van der Waals surface area contributed by atoms with E-state index in [0.29, 0.717) is 11.0 Å². The quantitative estimate of drug-likeness (QED) is 0.862. The molecule has 0 saturated carbocycles. The van der Waals surface area contributed by atoms with Gasteiger partial charge in [0, 0.05) is 23.7 Å². The summed E-state index contributed by atoms with van der Waals surface area (Å²) in [5, 5.41) is 4.07. The van der Waals surface area contributed by atoms with Crippen molar-refractivity contribution in [3.63, 3.8) is 0 Å². The number of aromatic nitrogens is 1. The lowest BCUT2D eigenvalue weighted by atomic mass is 10.2. The molecule has 1 aromatic heterocycles. The van der Waals surface area contributed by atoms with Crippen LogP contribution < -0.4 is 5.32 Å². The molecule has 1 atom stereocenters. The Hall–Kier alpha value is -0.460. The van der Waals surface area contributed by atoms with Crippen LogP contribution in [0.4, 0.5) is 0 Å². The molecule has 4 nitrogen and oxygen atoms in total. The first kappa shape index (κ1) is 14.6. The fourth-order valence-corrected chi connectivity index (χ4v) is 3.56. The van der Waals surface area contributed by atoms with Crippen LogP contribution >= 0.6 is 11.3 Å². The van der Waals surface area contributed by atoms with E-state index in [0.717, 1.165) is 23.5 Å². The highest BCUT2D eigenvalue weighted by atomic mass is 32.2. The van der Waals surface area contributed by atoms with Crippen molar-refractivity contribution in [1.29, 1.82) is 0 Å². The molecular formula is C11H20N2O2S2. The van der Waals surface area contributed by atoms with Crippen molar-refractivity contribution in [3.8, 4) is 0 Å². The SMILES string of the molecule is CCC(C)NCc1sc(CS(C)(=O)=O)nc1C. The molecular weight excluding hydrogens is 256 g/mol. The lowest BCUT2D eigenvalue weighted by molar-refractivity contribution is 0.536. The minimum atomic E-state index is -2.99. The van der Waals surface area contributed by atoms with Gasteiger partial charge in [-0.05, 0) is 20.3 Å². The normalized spacial score (nSPS) is 13.9. The van der Waals surface area contributed by atoms with Crippen LogP contribution in [-0.2, 0) is 22.1 Å². The monoisotopic (exact) mass is 276 g/mol. The van der Waals surface area contributed by atoms with Crippen LogP contribution in [0.1, 0.15) is 35.8 Å². The third-order valence-corrected chi connectivity index (χ3v) is 4.68. The number of thiazole rings is 1. The Bertz CT molecular complexity index is 466. The number of hydrogen-bond acceptors (Lipinski definition) is 5. The maximum atomic E-state index is 11.2. The van der Waals surface area contributed by atoms with Crippen molar-refractivity contribution in [2.45, 2.75) is 45.5 Å². The highest BCUT2D eigenvalue weighted by molar-refractivity contribution is 7.90. The van der Waals surface area contributed by atoms with Crippen LogP contribution in [0, 0.1) is 6.92 Å². The molecule has 0 aliphatic rings. The van der Waals surface area contributed by atoms with Crippen molar-refractivity contribution < 1.29 is 8.42 Å². The number of hydrogen-bond donors (Lipinski definition) is 1. The smallest absolute Gasteiger partial charge is 0.153 e. The zero-order valence-electron chi connectivity index (χ0n) is 10.8. The molecule has 17 heavy (non-hydrogen) atoms. The van der Waals surface area contributed by atoms with Gasteiger partial charge in [0.25, 0.3) is 0 Å². The van der Waals surface area contributed by atoms with Gasteiger partial charge in [-0.15, -0.1) is 11.3 Å². The molecule has 6 heteroatoms. The molecule has 1 rings (SSSR count). The minimum absolute atomic E-state index is 0.0435. The second-order valence-corrected chi connectivity index (χ2v) is 7.68. The summed E-state index contributed by atoms with van der Waals surface area (Å²) in [7, 11) is -2.99. The van der Waals surface area contributed by atoms with Gasteiger partial charge in [-0.3, -0.25) is 0 Å². The molecule has 0 aliphatic heterocycles. The molecule has 0 aromatic carbocycles. The molecule has 1 heterocycles. The van der Waals surface area contributed by atoms with E-state index in [1.54, 1.807) is 0 Å². The van der Waals surface area contributed by atoms with Crippen LogP contribution in [0.3, 0.4) is 0 Å². The summed E-state index contributed by atoms with van der Waals surface area (Å²) in [6.45, 7) is 6.96. The van der Waals surface area contributed by atoms with E-state index in [4.69, 9.17) is 0 Å². The first-order chi connectivity index (χ1) is 7.81. The summed E-state index contributed by atoms with van der Waals surface area (Å²) in [4.78, 5) is 5.43. The van der Waals surface area contributed by atoms with Gasteiger partial charge < -0.3 is 5.32 Å². The Morgan fingerprint density at radius 3 is 2.65 bits per heavy atom. The van der Waals surface area contributed by atoms with Crippen molar-refractivity contribution in [2.75, 3.05) is 6.26 Å². The fourth-order valence-electron chi connectivity index (χ4n) is 1.35. The van der Waals surface area contributed by atoms with Crippen LogP contribution in [0.25, 0.3) is 0 Å². The van der Waals surface area contributed by atoms with Gasteiger partial charge >= 0.3 is 0 Å². The number of nitrogens with zero attached hydrogens (tertiary/aromatic N) is 1. The summed E-state index contributed by atoms with van der Waals surface area (Å²) >= 11 is 1.49.